The van der Waals surface area contributed by atoms with E-state index in [1.54, 1.807) is 42.5 Å². The van der Waals surface area contributed by atoms with E-state index in [4.69, 9.17) is 21.1 Å². The Morgan fingerprint density at radius 3 is 2.32 bits per heavy atom. The molecule has 0 bridgehead atoms. The van der Waals surface area contributed by atoms with Crippen LogP contribution in [0.4, 0.5) is 5.69 Å². The van der Waals surface area contributed by atoms with Gasteiger partial charge in [-0.15, -0.1) is 0 Å². The van der Waals surface area contributed by atoms with Crippen LogP contribution in [-0.4, -0.2) is 31.3 Å². The van der Waals surface area contributed by atoms with Gasteiger partial charge in [-0.1, -0.05) is 23.7 Å². The average Bonchev–Trinajstić information content (AvgIpc) is 3.16. The molecule has 3 aromatic carbocycles. The number of ketones is 2. The Hall–Kier alpha value is -3.57. The first-order valence-electron chi connectivity index (χ1n) is 11.3. The molecule has 0 radical (unpaired) electrons. The van der Waals surface area contributed by atoms with E-state index in [9.17, 15) is 9.59 Å². The van der Waals surface area contributed by atoms with Crippen molar-refractivity contribution >= 4 is 34.9 Å². The summed E-state index contributed by atoms with van der Waals surface area (Å²) in [6.07, 6.45) is 1.75. The number of allylic oxidation sites excluding steroid dienone is 1. The number of hydrogen-bond donors (Lipinski definition) is 0. The molecule has 34 heavy (non-hydrogen) atoms. The highest BCUT2D eigenvalue weighted by Gasteiger charge is 2.30. The molecule has 4 rings (SSSR count). The topological polar surface area (TPSA) is 55.8 Å². The third kappa shape index (κ3) is 4.85. The molecule has 174 valence electrons. The first-order chi connectivity index (χ1) is 16.4. The smallest absolute Gasteiger partial charge is 0.231 e. The van der Waals surface area contributed by atoms with Crippen LogP contribution in [0.25, 0.3) is 6.08 Å². The molecule has 0 saturated carbocycles. The van der Waals surface area contributed by atoms with Gasteiger partial charge in [0.2, 0.25) is 5.78 Å². The molecule has 0 atom stereocenters. The second-order valence-corrected chi connectivity index (χ2v) is 8.42. The molecule has 0 spiro atoms. The standard InChI is InChI=1S/C28H26ClNO4/c1-4-30(5-2)22-12-6-19(7-13-22)16-26-27(32)23-14-15-25(18(3)28(23)34-26)33-17-24(31)20-8-10-21(29)11-9-20/h6-16H,4-5,17H2,1-3H3/b26-16-. The van der Waals surface area contributed by atoms with Crippen LogP contribution in [0.5, 0.6) is 11.5 Å². The molecule has 5 nitrogen and oxygen atoms in total. The number of ether oxygens (including phenoxy) is 2. The van der Waals surface area contributed by atoms with E-state index in [0.29, 0.717) is 33.2 Å². The molecule has 3 aromatic rings. The molecule has 0 aliphatic carbocycles. The van der Waals surface area contributed by atoms with Gasteiger partial charge in [-0.2, -0.15) is 0 Å². The summed E-state index contributed by atoms with van der Waals surface area (Å²) in [5.41, 5.74) is 3.71. The minimum Gasteiger partial charge on any atom is -0.485 e. The second-order valence-electron chi connectivity index (χ2n) is 7.99. The van der Waals surface area contributed by atoms with Gasteiger partial charge in [0.1, 0.15) is 11.5 Å². The van der Waals surface area contributed by atoms with Crippen LogP contribution in [0, 0.1) is 6.92 Å². The van der Waals surface area contributed by atoms with E-state index in [-0.39, 0.29) is 23.9 Å². The first kappa shape index (κ1) is 23.6. The summed E-state index contributed by atoms with van der Waals surface area (Å²) in [6, 6.07) is 18.1. The van der Waals surface area contributed by atoms with Gasteiger partial charge in [0.25, 0.3) is 0 Å². The summed E-state index contributed by atoms with van der Waals surface area (Å²) in [5, 5.41) is 0.567. The van der Waals surface area contributed by atoms with Crippen LogP contribution in [0.15, 0.2) is 66.4 Å². The third-order valence-corrected chi connectivity index (χ3v) is 6.13. The van der Waals surface area contributed by atoms with Crippen molar-refractivity contribution in [1.29, 1.82) is 0 Å². The zero-order valence-electron chi connectivity index (χ0n) is 19.4. The van der Waals surface area contributed by atoms with Gasteiger partial charge < -0.3 is 14.4 Å². The van der Waals surface area contributed by atoms with E-state index in [1.165, 1.54) is 0 Å². The summed E-state index contributed by atoms with van der Waals surface area (Å²) >= 11 is 5.88. The summed E-state index contributed by atoms with van der Waals surface area (Å²) in [5.74, 6) is 0.895. The lowest BCUT2D eigenvalue weighted by atomic mass is 10.1. The van der Waals surface area contributed by atoms with Crippen LogP contribution in [-0.2, 0) is 0 Å². The Balaban J connectivity index is 1.49. The Morgan fingerprint density at radius 1 is 1.00 bits per heavy atom. The molecule has 0 amide bonds. The summed E-state index contributed by atoms with van der Waals surface area (Å²) in [6.45, 7) is 7.80. The van der Waals surface area contributed by atoms with Crippen molar-refractivity contribution in [2.45, 2.75) is 20.8 Å². The third-order valence-electron chi connectivity index (χ3n) is 5.88. The van der Waals surface area contributed by atoms with Crippen molar-refractivity contribution in [3.8, 4) is 11.5 Å². The predicted molar refractivity (Wildman–Crippen MR) is 135 cm³/mol. The molecule has 0 saturated heterocycles. The Labute approximate surface area is 204 Å². The fourth-order valence-corrected chi connectivity index (χ4v) is 4.03. The number of carbonyl (C=O) groups is 2. The van der Waals surface area contributed by atoms with E-state index in [1.807, 2.05) is 31.2 Å². The van der Waals surface area contributed by atoms with Gasteiger partial charge in [-0.3, -0.25) is 9.59 Å². The lowest BCUT2D eigenvalue weighted by Gasteiger charge is -2.20. The Bertz CT molecular complexity index is 1240. The number of benzene rings is 3. The zero-order chi connectivity index (χ0) is 24.2. The Morgan fingerprint density at radius 2 is 1.68 bits per heavy atom. The second kappa shape index (κ2) is 10.1. The van der Waals surface area contributed by atoms with Crippen molar-refractivity contribution in [2.75, 3.05) is 24.6 Å². The van der Waals surface area contributed by atoms with Gasteiger partial charge in [-0.25, -0.2) is 0 Å². The normalized spacial score (nSPS) is 13.5. The van der Waals surface area contributed by atoms with Crippen LogP contribution < -0.4 is 14.4 Å². The minimum absolute atomic E-state index is 0.128. The van der Waals surface area contributed by atoms with Gasteiger partial charge in [0.05, 0.1) is 5.56 Å². The quantitative estimate of drug-likeness (QED) is 0.280. The highest BCUT2D eigenvalue weighted by atomic mass is 35.5. The highest BCUT2D eigenvalue weighted by Crippen LogP contribution is 2.39. The number of halogens is 1. The fraction of sp³-hybridized carbons (Fsp3) is 0.214. The van der Waals surface area contributed by atoms with Gasteiger partial charge >= 0.3 is 0 Å². The van der Waals surface area contributed by atoms with Crippen LogP contribution >= 0.6 is 11.6 Å². The van der Waals surface area contributed by atoms with E-state index < -0.39 is 0 Å². The van der Waals surface area contributed by atoms with Crippen molar-refractivity contribution in [3.05, 3.63) is 93.7 Å². The molecule has 0 N–H and O–H groups in total. The predicted octanol–water partition coefficient (Wildman–Crippen LogP) is 6.37. The van der Waals surface area contributed by atoms with Crippen LogP contribution in [0.3, 0.4) is 0 Å². The van der Waals surface area contributed by atoms with Crippen molar-refractivity contribution in [3.63, 3.8) is 0 Å². The number of fused-ring (bicyclic) bond motifs is 1. The summed E-state index contributed by atoms with van der Waals surface area (Å²) < 4.78 is 11.7. The Kier molecular flexibility index (Phi) is 7.03. The van der Waals surface area contributed by atoms with Crippen molar-refractivity contribution < 1.29 is 19.1 Å². The highest BCUT2D eigenvalue weighted by molar-refractivity contribution is 6.30. The molecule has 1 aliphatic heterocycles. The lowest BCUT2D eigenvalue weighted by molar-refractivity contribution is 0.0920. The van der Waals surface area contributed by atoms with E-state index in [2.05, 4.69) is 18.7 Å². The van der Waals surface area contributed by atoms with Gasteiger partial charge in [0, 0.05) is 34.9 Å². The SMILES string of the molecule is CCN(CC)c1ccc(/C=C2\Oc3c(ccc(OCC(=O)c4ccc(Cl)cc4)c3C)C2=O)cc1. The number of anilines is 1. The molecular formula is C28H26ClNO4. The average molecular weight is 476 g/mol. The molecule has 0 fully saturated rings. The number of rotatable bonds is 8. The largest absolute Gasteiger partial charge is 0.485 e. The van der Waals surface area contributed by atoms with Crippen molar-refractivity contribution in [1.82, 2.24) is 0 Å². The molecular weight excluding hydrogens is 450 g/mol. The number of carbonyl (C=O) groups excluding carboxylic acids is 2. The number of Topliss-reactive ketones (excluding diaryl/α,β-unsaturated/α-hetero) is 2. The van der Waals surface area contributed by atoms with Crippen LogP contribution in [0.1, 0.15) is 45.7 Å². The van der Waals surface area contributed by atoms with E-state index >= 15 is 0 Å². The molecule has 0 aromatic heterocycles. The molecule has 1 heterocycles. The monoisotopic (exact) mass is 475 g/mol. The maximum Gasteiger partial charge on any atom is 0.231 e. The number of hydrogen-bond acceptors (Lipinski definition) is 5. The zero-order valence-corrected chi connectivity index (χ0v) is 20.2. The van der Waals surface area contributed by atoms with Gasteiger partial charge in [-0.05, 0) is 80.9 Å². The van der Waals surface area contributed by atoms with E-state index in [0.717, 1.165) is 24.3 Å². The molecule has 0 unspecified atom stereocenters. The maximum absolute atomic E-state index is 12.9. The fourth-order valence-electron chi connectivity index (χ4n) is 3.91. The van der Waals surface area contributed by atoms with Crippen molar-refractivity contribution in [2.24, 2.45) is 0 Å². The lowest BCUT2D eigenvalue weighted by Crippen LogP contribution is -2.21. The summed E-state index contributed by atoms with van der Waals surface area (Å²) in [4.78, 5) is 27.6. The van der Waals surface area contributed by atoms with Gasteiger partial charge in [0.15, 0.2) is 18.1 Å². The molecule has 6 heteroatoms. The van der Waals surface area contributed by atoms with Crippen LogP contribution in [0.2, 0.25) is 5.02 Å². The summed E-state index contributed by atoms with van der Waals surface area (Å²) in [7, 11) is 0. The minimum atomic E-state index is -0.172. The number of nitrogens with zero attached hydrogens (tertiary/aromatic N) is 1. The first-order valence-corrected chi connectivity index (χ1v) is 11.6. The molecule has 1 aliphatic rings. The maximum atomic E-state index is 12.9.